The number of pyridine rings is 1. The first-order chi connectivity index (χ1) is 16.7. The third kappa shape index (κ3) is 5.37. The molecule has 3 aromatic rings. The van der Waals surface area contributed by atoms with Gasteiger partial charge in [-0.25, -0.2) is 9.78 Å². The fourth-order valence-corrected chi connectivity index (χ4v) is 4.46. The molecule has 7 nitrogen and oxygen atoms in total. The van der Waals surface area contributed by atoms with Crippen molar-refractivity contribution in [1.29, 1.82) is 0 Å². The number of aromatic nitrogens is 3. The number of ether oxygens (including phenoxy) is 2. The minimum absolute atomic E-state index is 0.342. The van der Waals surface area contributed by atoms with Gasteiger partial charge in [0.15, 0.2) is 0 Å². The van der Waals surface area contributed by atoms with Crippen LogP contribution >= 0.6 is 0 Å². The lowest BCUT2D eigenvalue weighted by Gasteiger charge is -2.20. The molecule has 1 aromatic carbocycles. The van der Waals surface area contributed by atoms with E-state index in [0.717, 1.165) is 47.6 Å². The summed E-state index contributed by atoms with van der Waals surface area (Å²) in [6.45, 7) is 5.93. The average Bonchev–Trinajstić information content (AvgIpc) is 3.23. The Bertz CT molecular complexity index is 1150. The van der Waals surface area contributed by atoms with E-state index in [-0.39, 0.29) is 5.97 Å². The predicted molar refractivity (Wildman–Crippen MR) is 130 cm³/mol. The maximum Gasteiger partial charge on any atom is 0.341 e. The molecule has 1 saturated carbocycles. The summed E-state index contributed by atoms with van der Waals surface area (Å²) in [5.41, 5.74) is 3.54. The summed E-state index contributed by atoms with van der Waals surface area (Å²) in [5, 5.41) is 4.34. The first-order valence-corrected chi connectivity index (χ1v) is 11.9. The maximum atomic E-state index is 12.0. The summed E-state index contributed by atoms with van der Waals surface area (Å²) in [6, 6.07) is 14.4. The van der Waals surface area contributed by atoms with Crippen LogP contribution in [0.25, 0.3) is 6.08 Å². The van der Waals surface area contributed by atoms with Crippen molar-refractivity contribution in [3.8, 4) is 0 Å². The smallest absolute Gasteiger partial charge is 0.341 e. The van der Waals surface area contributed by atoms with Crippen LogP contribution in [-0.4, -0.2) is 47.0 Å². The van der Waals surface area contributed by atoms with Gasteiger partial charge >= 0.3 is 5.97 Å². The summed E-state index contributed by atoms with van der Waals surface area (Å²) < 4.78 is 12.6. The van der Waals surface area contributed by atoms with Gasteiger partial charge in [0.1, 0.15) is 5.82 Å². The van der Waals surface area contributed by atoms with Crippen molar-refractivity contribution >= 4 is 17.9 Å². The highest BCUT2D eigenvalue weighted by molar-refractivity contribution is 5.88. The van der Waals surface area contributed by atoms with Gasteiger partial charge in [0.2, 0.25) is 0 Å². The molecule has 0 amide bonds. The molecule has 1 aliphatic heterocycles. The first kappa shape index (κ1) is 22.3. The minimum atomic E-state index is -0.356. The van der Waals surface area contributed by atoms with Crippen LogP contribution in [-0.2, 0) is 22.6 Å². The highest BCUT2D eigenvalue weighted by atomic mass is 16.5. The third-order valence-electron chi connectivity index (χ3n) is 6.38. The molecule has 2 aliphatic rings. The molecule has 0 spiro atoms. The third-order valence-corrected chi connectivity index (χ3v) is 6.38. The zero-order valence-electron chi connectivity index (χ0n) is 19.5. The molecule has 7 heteroatoms. The molecule has 0 bridgehead atoms. The Morgan fingerprint density at radius 1 is 1.15 bits per heavy atom. The molecule has 0 N–H and O–H groups in total. The Morgan fingerprint density at radius 2 is 1.97 bits per heavy atom. The van der Waals surface area contributed by atoms with E-state index >= 15 is 0 Å². The van der Waals surface area contributed by atoms with Crippen LogP contribution in [0, 0.1) is 11.8 Å². The van der Waals surface area contributed by atoms with Crippen LogP contribution in [0.4, 0.5) is 5.82 Å². The lowest BCUT2D eigenvalue weighted by atomic mass is 10.1. The maximum absolute atomic E-state index is 12.0. The number of rotatable bonds is 10. The Hall–Kier alpha value is -3.45. The highest BCUT2D eigenvalue weighted by Gasteiger charge is 2.45. The molecular formula is C27H30N4O3. The largest absolute Gasteiger partial charge is 0.462 e. The van der Waals surface area contributed by atoms with Crippen molar-refractivity contribution in [3.63, 3.8) is 0 Å². The van der Waals surface area contributed by atoms with Gasteiger partial charge < -0.3 is 14.4 Å². The monoisotopic (exact) mass is 458 g/mol. The fraction of sp³-hybridized carbons (Fsp3) is 0.370. The summed E-state index contributed by atoms with van der Waals surface area (Å²) in [7, 11) is 0. The number of nitrogens with zero attached hydrogens (tertiary/aromatic N) is 4. The lowest BCUT2D eigenvalue weighted by molar-refractivity contribution is 0.0526. The molecule has 2 atom stereocenters. The molecule has 5 rings (SSSR count). The van der Waals surface area contributed by atoms with Crippen molar-refractivity contribution in [2.45, 2.75) is 26.5 Å². The van der Waals surface area contributed by atoms with Crippen molar-refractivity contribution in [3.05, 3.63) is 83.3 Å². The van der Waals surface area contributed by atoms with E-state index in [9.17, 15) is 4.79 Å². The highest BCUT2D eigenvalue weighted by Crippen LogP contribution is 2.46. The van der Waals surface area contributed by atoms with E-state index in [2.05, 4.69) is 34.3 Å². The van der Waals surface area contributed by atoms with Crippen molar-refractivity contribution in [2.24, 2.45) is 11.8 Å². The van der Waals surface area contributed by atoms with Crippen LogP contribution in [0.5, 0.6) is 0 Å². The predicted octanol–water partition coefficient (Wildman–Crippen LogP) is 4.19. The molecule has 34 heavy (non-hydrogen) atoms. The molecular weight excluding hydrogens is 428 g/mol. The van der Waals surface area contributed by atoms with Gasteiger partial charge in [-0.3, -0.25) is 4.68 Å². The second-order valence-electron chi connectivity index (χ2n) is 8.92. The van der Waals surface area contributed by atoms with Gasteiger partial charge in [-0.15, -0.1) is 0 Å². The van der Waals surface area contributed by atoms with E-state index in [1.165, 1.54) is 6.42 Å². The molecule has 3 heterocycles. The van der Waals surface area contributed by atoms with E-state index in [0.29, 0.717) is 31.9 Å². The van der Waals surface area contributed by atoms with E-state index < -0.39 is 0 Å². The van der Waals surface area contributed by atoms with Gasteiger partial charge in [0.25, 0.3) is 0 Å². The van der Waals surface area contributed by atoms with Gasteiger partial charge in [-0.1, -0.05) is 42.5 Å². The van der Waals surface area contributed by atoms with Gasteiger partial charge in [0, 0.05) is 19.3 Å². The topological polar surface area (TPSA) is 69.5 Å². The SMILES string of the molecule is CCOC(=O)c1cnn(Cc2ccc(N3CC4CC4C3)nc2/C=C/COCc2ccccc2)c1. The molecule has 2 fully saturated rings. The molecule has 1 saturated heterocycles. The second-order valence-corrected chi connectivity index (χ2v) is 8.92. The number of hydrogen-bond donors (Lipinski definition) is 0. The van der Waals surface area contributed by atoms with E-state index in [1.807, 2.05) is 30.4 Å². The van der Waals surface area contributed by atoms with E-state index in [1.54, 1.807) is 24.0 Å². The summed E-state index contributed by atoms with van der Waals surface area (Å²) in [5.74, 6) is 2.36. The minimum Gasteiger partial charge on any atom is -0.462 e. The average molecular weight is 459 g/mol. The van der Waals surface area contributed by atoms with Crippen LogP contribution in [0.15, 0.2) is 60.9 Å². The quantitative estimate of drug-likeness (QED) is 0.335. The number of hydrogen-bond acceptors (Lipinski definition) is 6. The number of piperidine rings is 1. The lowest BCUT2D eigenvalue weighted by Crippen LogP contribution is -2.23. The van der Waals surface area contributed by atoms with Crippen LogP contribution < -0.4 is 4.90 Å². The molecule has 2 aromatic heterocycles. The van der Waals surface area contributed by atoms with E-state index in [4.69, 9.17) is 14.5 Å². The van der Waals surface area contributed by atoms with Crippen molar-refractivity contribution in [1.82, 2.24) is 14.8 Å². The Balaban J connectivity index is 1.29. The van der Waals surface area contributed by atoms with Crippen molar-refractivity contribution in [2.75, 3.05) is 31.2 Å². The standard InChI is InChI=1S/C27H30N4O3/c1-2-34-27(32)24-14-28-31(18-24)17-21-10-11-26(30-15-22-13-23(22)16-30)29-25(21)9-6-12-33-19-20-7-4-3-5-8-20/h3-11,14,18,22-23H,2,12-13,15-17,19H2,1H3/b9-6+. The van der Waals surface area contributed by atoms with Crippen LogP contribution in [0.3, 0.4) is 0 Å². The number of anilines is 1. The van der Waals surface area contributed by atoms with Gasteiger partial charge in [0.05, 0.1) is 43.8 Å². The van der Waals surface area contributed by atoms with Crippen LogP contribution in [0.2, 0.25) is 0 Å². The Labute approximate surface area is 200 Å². The number of esters is 1. The second kappa shape index (κ2) is 10.2. The Kier molecular flexibility index (Phi) is 6.72. The number of benzene rings is 1. The zero-order chi connectivity index (χ0) is 23.3. The molecule has 176 valence electrons. The van der Waals surface area contributed by atoms with Crippen LogP contribution in [0.1, 0.15) is 40.5 Å². The number of fused-ring (bicyclic) bond motifs is 1. The fourth-order valence-electron chi connectivity index (χ4n) is 4.46. The molecule has 2 unspecified atom stereocenters. The zero-order valence-corrected chi connectivity index (χ0v) is 19.5. The first-order valence-electron chi connectivity index (χ1n) is 11.9. The Morgan fingerprint density at radius 3 is 2.76 bits per heavy atom. The summed E-state index contributed by atoms with van der Waals surface area (Å²) in [4.78, 5) is 19.4. The molecule has 1 aliphatic carbocycles. The van der Waals surface area contributed by atoms with Crippen molar-refractivity contribution < 1.29 is 14.3 Å². The normalized spacial score (nSPS) is 18.9. The molecule has 0 radical (unpaired) electrons. The summed E-state index contributed by atoms with van der Waals surface area (Å²) >= 11 is 0. The number of carbonyl (C=O) groups is 1. The number of carbonyl (C=O) groups excluding carboxylic acids is 1. The van der Waals surface area contributed by atoms with Gasteiger partial charge in [-0.05, 0) is 48.4 Å². The summed E-state index contributed by atoms with van der Waals surface area (Å²) in [6.07, 6.45) is 8.66. The van der Waals surface area contributed by atoms with Gasteiger partial charge in [-0.2, -0.15) is 5.10 Å².